The number of aromatic nitrogens is 3. The summed E-state index contributed by atoms with van der Waals surface area (Å²) in [7, 11) is 0. The number of aliphatic carboxylic acids is 1. The van der Waals surface area contributed by atoms with E-state index in [2.05, 4.69) is 10.3 Å². The second-order valence-electron chi connectivity index (χ2n) is 3.52. The Hall–Kier alpha value is -2.64. The number of hydrogen-bond donors (Lipinski definition) is 2. The van der Waals surface area contributed by atoms with Gasteiger partial charge in [-0.05, 0) is 12.1 Å². The van der Waals surface area contributed by atoms with Crippen LogP contribution in [0, 0.1) is 0 Å². The Morgan fingerprint density at radius 3 is 2.72 bits per heavy atom. The number of carbonyl (C=O) groups is 2. The smallest absolute Gasteiger partial charge is 0.371 e. The van der Waals surface area contributed by atoms with Gasteiger partial charge in [0.2, 0.25) is 5.76 Å². The van der Waals surface area contributed by atoms with Crippen LogP contribution in [0.2, 0.25) is 0 Å². The minimum Gasteiger partial charge on any atom is -0.481 e. The first-order valence-electron chi connectivity index (χ1n) is 4.97. The summed E-state index contributed by atoms with van der Waals surface area (Å²) in [5, 5.41) is 24.7. The summed E-state index contributed by atoms with van der Waals surface area (Å²) >= 11 is 0. The van der Waals surface area contributed by atoms with Crippen LogP contribution in [0.3, 0.4) is 0 Å². The van der Waals surface area contributed by atoms with E-state index in [4.69, 9.17) is 14.6 Å². The molecule has 0 aliphatic carbocycles. The van der Waals surface area contributed by atoms with Gasteiger partial charge in [0, 0.05) is 0 Å². The maximum absolute atomic E-state index is 10.6. The number of carboxylic acids is 2. The highest BCUT2D eigenvalue weighted by Crippen LogP contribution is 2.10. The molecule has 94 valence electrons. The normalized spacial score (nSPS) is 10.4. The molecule has 0 aliphatic heterocycles. The van der Waals surface area contributed by atoms with Crippen LogP contribution in [0.15, 0.2) is 22.7 Å². The molecule has 2 N–H and O–H groups in total. The SMILES string of the molecule is O=C(O)Cc1cnnn1Cc1ccc(C(=O)O)o1. The van der Waals surface area contributed by atoms with Crippen molar-refractivity contribution in [2.45, 2.75) is 13.0 Å². The van der Waals surface area contributed by atoms with Crippen LogP contribution in [-0.2, 0) is 17.8 Å². The first-order chi connectivity index (χ1) is 8.56. The molecule has 0 fully saturated rings. The Morgan fingerprint density at radius 1 is 1.33 bits per heavy atom. The molecule has 0 saturated heterocycles. The van der Waals surface area contributed by atoms with Gasteiger partial charge in [-0.2, -0.15) is 0 Å². The molecule has 0 aliphatic rings. The summed E-state index contributed by atoms with van der Waals surface area (Å²) in [6.45, 7) is 0.135. The third-order valence-corrected chi connectivity index (χ3v) is 2.21. The van der Waals surface area contributed by atoms with E-state index in [0.717, 1.165) is 0 Å². The van der Waals surface area contributed by atoms with E-state index in [-0.39, 0.29) is 18.7 Å². The van der Waals surface area contributed by atoms with Gasteiger partial charge < -0.3 is 14.6 Å². The van der Waals surface area contributed by atoms with Crippen LogP contribution in [0.1, 0.15) is 22.0 Å². The minimum absolute atomic E-state index is 0.135. The maximum Gasteiger partial charge on any atom is 0.371 e. The molecule has 2 rings (SSSR count). The molecular weight excluding hydrogens is 242 g/mol. The Kier molecular flexibility index (Phi) is 3.09. The van der Waals surface area contributed by atoms with E-state index in [1.807, 2.05) is 0 Å². The molecule has 0 aromatic carbocycles. The highest BCUT2D eigenvalue weighted by atomic mass is 16.4. The van der Waals surface area contributed by atoms with Gasteiger partial charge in [0.25, 0.3) is 0 Å². The van der Waals surface area contributed by atoms with Crippen LogP contribution in [0.25, 0.3) is 0 Å². The molecule has 8 nitrogen and oxygen atoms in total. The van der Waals surface area contributed by atoms with Gasteiger partial charge in [0.05, 0.1) is 18.3 Å². The van der Waals surface area contributed by atoms with Gasteiger partial charge in [-0.25, -0.2) is 9.48 Å². The lowest BCUT2D eigenvalue weighted by atomic mass is 10.3. The minimum atomic E-state index is -1.16. The Bertz CT molecular complexity index is 586. The lowest BCUT2D eigenvalue weighted by Crippen LogP contribution is -2.10. The zero-order valence-corrected chi connectivity index (χ0v) is 9.11. The Morgan fingerprint density at radius 2 is 2.11 bits per heavy atom. The Balaban J connectivity index is 2.15. The van der Waals surface area contributed by atoms with Crippen LogP contribution < -0.4 is 0 Å². The van der Waals surface area contributed by atoms with E-state index >= 15 is 0 Å². The predicted octanol–water partition coefficient (Wildman–Crippen LogP) is 0.245. The highest BCUT2D eigenvalue weighted by molar-refractivity contribution is 5.84. The average Bonchev–Trinajstić information content (AvgIpc) is 2.89. The lowest BCUT2D eigenvalue weighted by Gasteiger charge is -2.01. The molecule has 0 unspecified atom stereocenters. The fourth-order valence-electron chi connectivity index (χ4n) is 1.43. The van der Waals surface area contributed by atoms with Gasteiger partial charge in [0.1, 0.15) is 12.3 Å². The molecule has 18 heavy (non-hydrogen) atoms. The molecule has 0 bridgehead atoms. The second kappa shape index (κ2) is 4.70. The van der Waals surface area contributed by atoms with Gasteiger partial charge in [0.15, 0.2) is 0 Å². The van der Waals surface area contributed by atoms with Crippen LogP contribution in [0.4, 0.5) is 0 Å². The number of furan rings is 1. The fourth-order valence-corrected chi connectivity index (χ4v) is 1.43. The fraction of sp³-hybridized carbons (Fsp3) is 0.200. The van der Waals surface area contributed by atoms with Gasteiger partial charge in [-0.1, -0.05) is 5.21 Å². The van der Waals surface area contributed by atoms with Crippen molar-refractivity contribution in [3.05, 3.63) is 35.5 Å². The molecule has 0 saturated carbocycles. The number of aromatic carboxylic acids is 1. The first kappa shape index (κ1) is 11.8. The summed E-state index contributed by atoms with van der Waals surface area (Å²) in [5.41, 5.74) is 0.413. The van der Waals surface area contributed by atoms with Crippen molar-refractivity contribution in [2.24, 2.45) is 0 Å². The first-order valence-corrected chi connectivity index (χ1v) is 4.97. The van der Waals surface area contributed by atoms with Crippen molar-refractivity contribution in [1.82, 2.24) is 15.0 Å². The lowest BCUT2D eigenvalue weighted by molar-refractivity contribution is -0.136. The van der Waals surface area contributed by atoms with Crippen LogP contribution >= 0.6 is 0 Å². The van der Waals surface area contributed by atoms with Crippen molar-refractivity contribution in [3.63, 3.8) is 0 Å². The van der Waals surface area contributed by atoms with Crippen molar-refractivity contribution >= 4 is 11.9 Å². The summed E-state index contributed by atoms with van der Waals surface area (Å²) in [4.78, 5) is 21.2. The number of carboxylic acid groups (broad SMARTS) is 2. The third kappa shape index (κ3) is 2.54. The van der Waals surface area contributed by atoms with Crippen molar-refractivity contribution in [3.8, 4) is 0 Å². The largest absolute Gasteiger partial charge is 0.481 e. The van der Waals surface area contributed by atoms with E-state index in [1.54, 1.807) is 0 Å². The molecular formula is C10H9N3O5. The summed E-state index contributed by atoms with van der Waals surface area (Å²) in [6, 6.07) is 2.82. The van der Waals surface area contributed by atoms with Crippen molar-refractivity contribution < 1.29 is 24.2 Å². The molecule has 0 atom stereocenters. The molecule has 2 heterocycles. The van der Waals surface area contributed by atoms with E-state index in [9.17, 15) is 9.59 Å². The molecule has 2 aromatic heterocycles. The van der Waals surface area contributed by atoms with Gasteiger partial charge in [-0.15, -0.1) is 5.10 Å². The molecule has 0 amide bonds. The second-order valence-corrected chi connectivity index (χ2v) is 3.52. The number of hydrogen-bond acceptors (Lipinski definition) is 5. The maximum atomic E-state index is 10.6. The summed E-state index contributed by atoms with van der Waals surface area (Å²) in [5.74, 6) is -1.97. The number of rotatable bonds is 5. The third-order valence-electron chi connectivity index (χ3n) is 2.21. The number of nitrogens with zero attached hydrogens (tertiary/aromatic N) is 3. The van der Waals surface area contributed by atoms with E-state index in [0.29, 0.717) is 11.5 Å². The van der Waals surface area contributed by atoms with Crippen molar-refractivity contribution in [2.75, 3.05) is 0 Å². The standard InChI is InChI=1S/C10H9N3O5/c14-9(15)3-6-4-11-12-13(6)5-7-1-2-8(18-7)10(16)17/h1-2,4H,3,5H2,(H,14,15)(H,16,17). The van der Waals surface area contributed by atoms with E-state index < -0.39 is 11.9 Å². The molecule has 2 aromatic rings. The van der Waals surface area contributed by atoms with Gasteiger partial charge in [-0.3, -0.25) is 4.79 Å². The predicted molar refractivity (Wildman–Crippen MR) is 56.1 cm³/mol. The summed E-state index contributed by atoms with van der Waals surface area (Å²) < 4.78 is 6.39. The zero-order chi connectivity index (χ0) is 13.1. The van der Waals surface area contributed by atoms with E-state index in [1.165, 1.54) is 23.0 Å². The molecule has 8 heteroatoms. The monoisotopic (exact) mass is 251 g/mol. The quantitative estimate of drug-likeness (QED) is 0.781. The van der Waals surface area contributed by atoms with Crippen LogP contribution in [-0.4, -0.2) is 37.1 Å². The zero-order valence-electron chi connectivity index (χ0n) is 9.11. The summed E-state index contributed by atoms with van der Waals surface area (Å²) in [6.07, 6.45) is 1.13. The van der Waals surface area contributed by atoms with Gasteiger partial charge >= 0.3 is 11.9 Å². The molecule has 0 spiro atoms. The topological polar surface area (TPSA) is 118 Å². The average molecular weight is 251 g/mol. The molecule has 0 radical (unpaired) electrons. The van der Waals surface area contributed by atoms with Crippen molar-refractivity contribution in [1.29, 1.82) is 0 Å². The Labute approximate surface area is 100 Å². The highest BCUT2D eigenvalue weighted by Gasteiger charge is 2.12. The van der Waals surface area contributed by atoms with Crippen LogP contribution in [0.5, 0.6) is 0 Å².